The van der Waals surface area contributed by atoms with Gasteiger partial charge in [-0.05, 0) is 6.42 Å². The first-order chi connectivity index (χ1) is 14.3. The largest absolute Gasteiger partial charge is 0.378 e. The van der Waals surface area contributed by atoms with Crippen LogP contribution in [0.3, 0.4) is 0 Å². The van der Waals surface area contributed by atoms with E-state index in [9.17, 15) is 0 Å². The number of hydrogen-bond acceptors (Lipinski definition) is 8. The van der Waals surface area contributed by atoms with Crippen molar-refractivity contribution in [1.82, 2.24) is 0 Å². The average Bonchev–Trinajstić information content (AvgIpc) is 2.74. The highest BCUT2D eigenvalue weighted by molar-refractivity contribution is 6.17. The molecule has 8 nitrogen and oxygen atoms in total. The molecule has 1 saturated heterocycles. The van der Waals surface area contributed by atoms with Gasteiger partial charge in [-0.2, -0.15) is 0 Å². The maximum absolute atomic E-state index is 6.03. The van der Waals surface area contributed by atoms with Crippen molar-refractivity contribution in [2.75, 3.05) is 105 Å². The van der Waals surface area contributed by atoms with Gasteiger partial charge in [0.05, 0.1) is 92.5 Å². The van der Waals surface area contributed by atoms with Crippen molar-refractivity contribution in [2.24, 2.45) is 0 Å². The number of unbranched alkanes of at least 4 members (excludes halogenated alkanes) is 1. The molecule has 0 aromatic rings. The summed E-state index contributed by atoms with van der Waals surface area (Å²) in [5.74, 6) is 0.392. The van der Waals surface area contributed by atoms with Crippen molar-refractivity contribution in [1.29, 1.82) is 0 Å². The topological polar surface area (TPSA) is 73.8 Å². The summed E-state index contributed by atoms with van der Waals surface area (Å²) in [7, 11) is 0. The Morgan fingerprint density at radius 1 is 0.690 bits per heavy atom. The molecule has 1 rings (SSSR count). The Bertz CT molecular complexity index is 328. The molecule has 0 aromatic carbocycles. The van der Waals surface area contributed by atoms with Crippen molar-refractivity contribution < 1.29 is 37.9 Å². The standard InChI is InChI=1S/C20H39ClO8/c1-2-3-5-26-17-20(29-6-4-21)18-27-15-13-24-11-9-22-7-8-23-10-12-25-14-16-28-19-20/h2-19H2,1H3. The van der Waals surface area contributed by atoms with Gasteiger partial charge >= 0.3 is 0 Å². The van der Waals surface area contributed by atoms with Gasteiger partial charge in [-0.3, -0.25) is 0 Å². The molecule has 0 aromatic heterocycles. The van der Waals surface area contributed by atoms with Gasteiger partial charge < -0.3 is 37.9 Å². The van der Waals surface area contributed by atoms with E-state index in [2.05, 4.69) is 6.92 Å². The van der Waals surface area contributed by atoms with Crippen LogP contribution in [0.25, 0.3) is 0 Å². The van der Waals surface area contributed by atoms with E-state index in [4.69, 9.17) is 49.5 Å². The number of alkyl halides is 1. The van der Waals surface area contributed by atoms with Crippen LogP contribution in [0.1, 0.15) is 19.8 Å². The van der Waals surface area contributed by atoms with E-state index in [-0.39, 0.29) is 0 Å². The zero-order valence-electron chi connectivity index (χ0n) is 17.9. The van der Waals surface area contributed by atoms with E-state index in [1.54, 1.807) is 0 Å². The normalized spacial score (nSPS) is 21.7. The van der Waals surface area contributed by atoms with Crippen molar-refractivity contribution >= 4 is 11.6 Å². The fourth-order valence-corrected chi connectivity index (χ4v) is 2.60. The Kier molecular flexibility index (Phi) is 18.5. The molecule has 0 spiro atoms. The van der Waals surface area contributed by atoms with Gasteiger partial charge in [0.15, 0.2) is 0 Å². The van der Waals surface area contributed by atoms with Crippen LogP contribution in [0.4, 0.5) is 0 Å². The van der Waals surface area contributed by atoms with Crippen LogP contribution in [0.15, 0.2) is 0 Å². The lowest BCUT2D eigenvalue weighted by molar-refractivity contribution is -0.168. The van der Waals surface area contributed by atoms with E-state index >= 15 is 0 Å². The summed E-state index contributed by atoms with van der Waals surface area (Å²) in [5, 5.41) is 0. The summed E-state index contributed by atoms with van der Waals surface area (Å²) in [6, 6.07) is 0. The van der Waals surface area contributed by atoms with Crippen LogP contribution >= 0.6 is 11.6 Å². The zero-order valence-corrected chi connectivity index (χ0v) is 18.6. The van der Waals surface area contributed by atoms with Crippen LogP contribution in [0.2, 0.25) is 0 Å². The molecule has 1 aliphatic rings. The van der Waals surface area contributed by atoms with Crippen LogP contribution in [0.5, 0.6) is 0 Å². The average molecular weight is 443 g/mol. The first-order valence-corrected chi connectivity index (χ1v) is 11.1. The predicted octanol–water partition coefficient (Wildman–Crippen LogP) is 1.91. The lowest BCUT2D eigenvalue weighted by Gasteiger charge is -2.33. The van der Waals surface area contributed by atoms with Gasteiger partial charge in [0, 0.05) is 12.5 Å². The lowest BCUT2D eigenvalue weighted by Crippen LogP contribution is -2.48. The molecule has 1 fully saturated rings. The monoisotopic (exact) mass is 442 g/mol. The maximum Gasteiger partial charge on any atom is 0.138 e. The second-order valence-corrected chi connectivity index (χ2v) is 7.06. The summed E-state index contributed by atoms with van der Waals surface area (Å²) < 4.78 is 45.4. The maximum atomic E-state index is 6.03. The third-order valence-corrected chi connectivity index (χ3v) is 4.24. The van der Waals surface area contributed by atoms with Gasteiger partial charge in [0.1, 0.15) is 5.60 Å². The van der Waals surface area contributed by atoms with Crippen LogP contribution < -0.4 is 0 Å². The number of rotatable bonds is 8. The second-order valence-electron chi connectivity index (χ2n) is 6.68. The van der Waals surface area contributed by atoms with E-state index < -0.39 is 5.60 Å². The Hall–Kier alpha value is -0.0300. The number of halogens is 1. The highest BCUT2D eigenvalue weighted by atomic mass is 35.5. The Balaban J connectivity index is 2.54. The van der Waals surface area contributed by atoms with Crippen LogP contribution in [-0.2, 0) is 37.9 Å². The molecule has 0 aliphatic carbocycles. The quantitative estimate of drug-likeness (QED) is 0.417. The molecule has 0 amide bonds. The first-order valence-electron chi connectivity index (χ1n) is 10.6. The summed E-state index contributed by atoms with van der Waals surface area (Å²) in [5.41, 5.74) is -0.711. The third kappa shape index (κ3) is 15.4. The van der Waals surface area contributed by atoms with E-state index in [1.807, 2.05) is 0 Å². The van der Waals surface area contributed by atoms with E-state index in [0.29, 0.717) is 105 Å². The molecular weight excluding hydrogens is 404 g/mol. The van der Waals surface area contributed by atoms with Crippen LogP contribution in [-0.4, -0.2) is 111 Å². The third-order valence-electron chi connectivity index (χ3n) is 4.08. The molecule has 0 N–H and O–H groups in total. The molecule has 9 heteroatoms. The second kappa shape index (κ2) is 19.9. The molecule has 1 aliphatic heterocycles. The molecule has 0 unspecified atom stereocenters. The molecule has 174 valence electrons. The van der Waals surface area contributed by atoms with Crippen molar-refractivity contribution in [3.05, 3.63) is 0 Å². The summed E-state index contributed by atoms with van der Waals surface area (Å²) in [6.07, 6.45) is 2.07. The van der Waals surface area contributed by atoms with Gasteiger partial charge in [-0.1, -0.05) is 13.3 Å². The van der Waals surface area contributed by atoms with Gasteiger partial charge in [-0.25, -0.2) is 0 Å². The zero-order chi connectivity index (χ0) is 20.9. The summed E-state index contributed by atoms with van der Waals surface area (Å²) in [4.78, 5) is 0. The van der Waals surface area contributed by atoms with E-state index in [1.165, 1.54) is 0 Å². The van der Waals surface area contributed by atoms with Gasteiger partial charge in [0.25, 0.3) is 0 Å². The van der Waals surface area contributed by atoms with Gasteiger partial charge in [-0.15, -0.1) is 11.6 Å². The number of ether oxygens (including phenoxy) is 8. The van der Waals surface area contributed by atoms with Crippen LogP contribution in [0, 0.1) is 0 Å². The minimum Gasteiger partial charge on any atom is -0.378 e. The lowest BCUT2D eigenvalue weighted by atomic mass is 10.1. The van der Waals surface area contributed by atoms with Crippen molar-refractivity contribution in [3.8, 4) is 0 Å². The molecule has 29 heavy (non-hydrogen) atoms. The minimum absolute atomic E-state index is 0.338. The van der Waals surface area contributed by atoms with E-state index in [0.717, 1.165) is 12.8 Å². The Morgan fingerprint density at radius 2 is 1.14 bits per heavy atom. The van der Waals surface area contributed by atoms with Crippen molar-refractivity contribution in [2.45, 2.75) is 25.4 Å². The molecule has 1 heterocycles. The SMILES string of the molecule is CCCCOCC1(OCCCl)COCCOCCOCCOCCOCCOC1. The molecular formula is C20H39ClO8. The smallest absolute Gasteiger partial charge is 0.138 e. The summed E-state index contributed by atoms with van der Waals surface area (Å²) in [6.45, 7) is 9.31. The highest BCUT2D eigenvalue weighted by Crippen LogP contribution is 2.15. The van der Waals surface area contributed by atoms with Crippen molar-refractivity contribution in [3.63, 3.8) is 0 Å². The Morgan fingerprint density at radius 3 is 1.55 bits per heavy atom. The number of hydrogen-bond donors (Lipinski definition) is 0. The molecule has 0 radical (unpaired) electrons. The predicted molar refractivity (Wildman–Crippen MR) is 110 cm³/mol. The van der Waals surface area contributed by atoms with Gasteiger partial charge in [0.2, 0.25) is 0 Å². The molecule has 0 atom stereocenters. The molecule has 0 saturated carbocycles. The summed E-state index contributed by atoms with van der Waals surface area (Å²) >= 11 is 5.85. The Labute approximate surface area is 180 Å². The minimum atomic E-state index is -0.711. The fourth-order valence-electron chi connectivity index (χ4n) is 2.52. The fraction of sp³-hybridized carbons (Fsp3) is 1.00. The highest BCUT2D eigenvalue weighted by Gasteiger charge is 2.33. The molecule has 0 bridgehead atoms. The first kappa shape index (κ1) is 27.0.